The summed E-state index contributed by atoms with van der Waals surface area (Å²) in [5.74, 6) is -0.419. The molecule has 0 saturated heterocycles. The van der Waals surface area contributed by atoms with E-state index in [1.54, 1.807) is 42.5 Å². The van der Waals surface area contributed by atoms with Gasteiger partial charge in [-0.05, 0) is 56.5 Å². The lowest BCUT2D eigenvalue weighted by Crippen LogP contribution is -2.52. The molecule has 0 bridgehead atoms. The molecule has 1 N–H and O–H groups in total. The number of anilines is 1. The lowest BCUT2D eigenvalue weighted by molar-refractivity contribution is -0.140. The van der Waals surface area contributed by atoms with Crippen LogP contribution < -0.4 is 14.4 Å². The van der Waals surface area contributed by atoms with Gasteiger partial charge in [0.05, 0.1) is 17.2 Å². The SMILES string of the molecule is CCCNC(=O)[C@@H](CC)N(Cc1ccc(C)cc1)C(=O)CN(c1ccccc1OCC)S(=O)(=O)c1ccccc1. The molecule has 0 radical (unpaired) electrons. The monoisotopic (exact) mass is 565 g/mol. The topological polar surface area (TPSA) is 96.0 Å². The number of rotatable bonds is 14. The standard InChI is InChI=1S/C31H39N3O5S/c1-5-21-32-31(36)27(6-2)33(22-25-19-17-24(4)18-20-25)30(35)23-34(28-15-11-12-16-29(28)39-7-3)40(37,38)26-13-9-8-10-14-26/h8-20,27H,5-7,21-23H2,1-4H3,(H,32,36)/t27-/m1/s1. The Morgan fingerprint density at radius 2 is 1.55 bits per heavy atom. The van der Waals surface area contributed by atoms with Gasteiger partial charge in [0.15, 0.2) is 0 Å². The average Bonchev–Trinajstić information content (AvgIpc) is 2.96. The minimum Gasteiger partial charge on any atom is -0.492 e. The molecule has 40 heavy (non-hydrogen) atoms. The van der Waals surface area contributed by atoms with E-state index in [1.807, 2.05) is 52.0 Å². The van der Waals surface area contributed by atoms with Crippen molar-refractivity contribution in [3.05, 3.63) is 90.0 Å². The zero-order valence-electron chi connectivity index (χ0n) is 23.7. The van der Waals surface area contributed by atoms with E-state index in [0.717, 1.165) is 21.9 Å². The molecule has 0 unspecified atom stereocenters. The summed E-state index contributed by atoms with van der Waals surface area (Å²) in [5.41, 5.74) is 2.16. The second kappa shape index (κ2) is 14.5. The molecule has 3 aromatic carbocycles. The number of benzene rings is 3. The summed E-state index contributed by atoms with van der Waals surface area (Å²) in [6.07, 6.45) is 1.12. The Bertz CT molecular complexity index is 1360. The van der Waals surface area contributed by atoms with Gasteiger partial charge in [0.2, 0.25) is 11.8 Å². The van der Waals surface area contributed by atoms with Gasteiger partial charge in [-0.25, -0.2) is 8.42 Å². The Hall–Kier alpha value is -3.85. The quantitative estimate of drug-likeness (QED) is 0.299. The maximum Gasteiger partial charge on any atom is 0.264 e. The Balaban J connectivity index is 2.08. The molecule has 0 aliphatic rings. The van der Waals surface area contributed by atoms with Crippen molar-refractivity contribution in [3.8, 4) is 5.75 Å². The Kier molecular flexibility index (Phi) is 11.1. The molecule has 0 aliphatic heterocycles. The highest BCUT2D eigenvalue weighted by molar-refractivity contribution is 7.92. The van der Waals surface area contributed by atoms with Crippen LogP contribution in [0.4, 0.5) is 5.69 Å². The van der Waals surface area contributed by atoms with Crippen LogP contribution in [0.5, 0.6) is 5.75 Å². The van der Waals surface area contributed by atoms with Crippen molar-refractivity contribution >= 4 is 27.5 Å². The van der Waals surface area contributed by atoms with Crippen molar-refractivity contribution in [1.29, 1.82) is 0 Å². The molecule has 3 rings (SSSR count). The summed E-state index contributed by atoms with van der Waals surface area (Å²) in [4.78, 5) is 28.8. The van der Waals surface area contributed by atoms with E-state index < -0.39 is 28.5 Å². The smallest absolute Gasteiger partial charge is 0.264 e. The summed E-state index contributed by atoms with van der Waals surface area (Å²) in [6.45, 7) is 8.03. The summed E-state index contributed by atoms with van der Waals surface area (Å²) in [7, 11) is -4.16. The molecule has 0 spiro atoms. The van der Waals surface area contributed by atoms with Gasteiger partial charge in [-0.2, -0.15) is 0 Å². The van der Waals surface area contributed by atoms with E-state index in [4.69, 9.17) is 4.74 Å². The van der Waals surface area contributed by atoms with Crippen LogP contribution in [0.1, 0.15) is 44.7 Å². The van der Waals surface area contributed by atoms with Gasteiger partial charge in [0, 0.05) is 13.1 Å². The number of sulfonamides is 1. The molecule has 9 heteroatoms. The summed E-state index contributed by atoms with van der Waals surface area (Å²) < 4.78 is 34.8. The van der Waals surface area contributed by atoms with Crippen molar-refractivity contribution in [2.45, 2.75) is 58.0 Å². The molecule has 0 aromatic heterocycles. The van der Waals surface area contributed by atoms with Gasteiger partial charge in [-0.3, -0.25) is 13.9 Å². The van der Waals surface area contributed by atoms with Crippen LogP contribution in [-0.4, -0.2) is 50.9 Å². The van der Waals surface area contributed by atoms with E-state index in [1.165, 1.54) is 17.0 Å². The normalized spacial score (nSPS) is 11.9. The van der Waals surface area contributed by atoms with Crippen molar-refractivity contribution in [2.24, 2.45) is 0 Å². The molecule has 3 aromatic rings. The number of hydrogen-bond donors (Lipinski definition) is 1. The van der Waals surface area contributed by atoms with E-state index in [0.29, 0.717) is 25.3 Å². The molecule has 0 fully saturated rings. The first-order valence-electron chi connectivity index (χ1n) is 13.6. The highest BCUT2D eigenvalue weighted by Gasteiger charge is 2.34. The minimum absolute atomic E-state index is 0.0481. The van der Waals surface area contributed by atoms with Gasteiger partial charge in [0.1, 0.15) is 18.3 Å². The Morgan fingerprint density at radius 3 is 2.17 bits per heavy atom. The number of nitrogens with one attached hydrogen (secondary N) is 1. The maximum atomic E-state index is 14.1. The van der Waals surface area contributed by atoms with Gasteiger partial charge < -0.3 is 15.0 Å². The molecule has 0 aliphatic carbocycles. The lowest BCUT2D eigenvalue weighted by Gasteiger charge is -2.33. The van der Waals surface area contributed by atoms with Crippen LogP contribution >= 0.6 is 0 Å². The van der Waals surface area contributed by atoms with Gasteiger partial charge in [-0.1, -0.05) is 74.0 Å². The molecule has 214 valence electrons. The third-order valence-electron chi connectivity index (χ3n) is 6.45. The number of aryl methyl sites for hydroxylation is 1. The van der Waals surface area contributed by atoms with E-state index in [-0.39, 0.29) is 23.0 Å². The first kappa shape index (κ1) is 30.7. The predicted molar refractivity (Wildman–Crippen MR) is 158 cm³/mol. The summed E-state index contributed by atoms with van der Waals surface area (Å²) >= 11 is 0. The molecular weight excluding hydrogens is 526 g/mol. The highest BCUT2D eigenvalue weighted by atomic mass is 32.2. The minimum atomic E-state index is -4.16. The third kappa shape index (κ3) is 7.63. The zero-order valence-corrected chi connectivity index (χ0v) is 24.5. The molecule has 1 atom stereocenters. The fourth-order valence-corrected chi connectivity index (χ4v) is 5.80. The summed E-state index contributed by atoms with van der Waals surface area (Å²) in [5, 5.41) is 2.90. The Morgan fingerprint density at radius 1 is 0.900 bits per heavy atom. The van der Waals surface area contributed by atoms with Crippen molar-refractivity contribution in [2.75, 3.05) is 24.0 Å². The van der Waals surface area contributed by atoms with Gasteiger partial charge in [0.25, 0.3) is 10.0 Å². The Labute approximate surface area is 238 Å². The van der Waals surface area contributed by atoms with Crippen LogP contribution in [0.3, 0.4) is 0 Å². The first-order valence-corrected chi connectivity index (χ1v) is 15.1. The second-order valence-electron chi connectivity index (χ2n) is 9.45. The van der Waals surface area contributed by atoms with Crippen LogP contribution in [0.25, 0.3) is 0 Å². The van der Waals surface area contributed by atoms with Crippen LogP contribution in [0, 0.1) is 6.92 Å². The van der Waals surface area contributed by atoms with Gasteiger partial charge >= 0.3 is 0 Å². The number of hydrogen-bond acceptors (Lipinski definition) is 5. The number of para-hydroxylation sites is 2. The van der Waals surface area contributed by atoms with Crippen LogP contribution in [-0.2, 0) is 26.2 Å². The predicted octanol–water partition coefficient (Wildman–Crippen LogP) is 4.92. The lowest BCUT2D eigenvalue weighted by atomic mass is 10.1. The average molecular weight is 566 g/mol. The van der Waals surface area contributed by atoms with Crippen molar-refractivity contribution < 1.29 is 22.7 Å². The third-order valence-corrected chi connectivity index (χ3v) is 8.23. The number of nitrogens with zero attached hydrogens (tertiary/aromatic N) is 2. The number of amides is 2. The number of carbonyl (C=O) groups excluding carboxylic acids is 2. The largest absolute Gasteiger partial charge is 0.492 e. The fraction of sp³-hybridized carbons (Fsp3) is 0.355. The van der Waals surface area contributed by atoms with Crippen molar-refractivity contribution in [1.82, 2.24) is 10.2 Å². The fourth-order valence-electron chi connectivity index (χ4n) is 4.35. The van der Waals surface area contributed by atoms with E-state index >= 15 is 0 Å². The van der Waals surface area contributed by atoms with Crippen LogP contribution in [0.2, 0.25) is 0 Å². The maximum absolute atomic E-state index is 14.1. The second-order valence-corrected chi connectivity index (χ2v) is 11.3. The number of ether oxygens (including phenoxy) is 1. The van der Waals surface area contributed by atoms with E-state index in [9.17, 15) is 18.0 Å². The van der Waals surface area contributed by atoms with Gasteiger partial charge in [-0.15, -0.1) is 0 Å². The summed E-state index contributed by atoms with van der Waals surface area (Å²) in [6, 6.07) is 21.7. The highest BCUT2D eigenvalue weighted by Crippen LogP contribution is 2.33. The zero-order chi connectivity index (χ0) is 29.1. The molecule has 2 amide bonds. The molecule has 0 heterocycles. The molecule has 0 saturated carbocycles. The van der Waals surface area contributed by atoms with E-state index in [2.05, 4.69) is 5.32 Å². The first-order chi connectivity index (χ1) is 19.2. The molecule has 8 nitrogen and oxygen atoms in total. The number of carbonyl (C=O) groups is 2. The van der Waals surface area contributed by atoms with Crippen LogP contribution in [0.15, 0.2) is 83.8 Å². The molecular formula is C31H39N3O5S. The van der Waals surface area contributed by atoms with Crippen molar-refractivity contribution in [3.63, 3.8) is 0 Å².